The molecule has 100 valence electrons. The number of ether oxygens (including phenoxy) is 1. The number of nitrogens with two attached hydrogens (primary N) is 1. The van der Waals surface area contributed by atoms with Gasteiger partial charge in [-0.1, -0.05) is 12.1 Å². The Morgan fingerprint density at radius 2 is 2.33 bits per heavy atom. The SMILES string of the molecule is COC1CCN(c2c(F)cccc2CC(C)N)C1. The van der Waals surface area contributed by atoms with Crippen molar-refractivity contribution in [1.29, 1.82) is 0 Å². The van der Waals surface area contributed by atoms with Gasteiger partial charge in [-0.25, -0.2) is 4.39 Å². The van der Waals surface area contributed by atoms with E-state index in [1.807, 2.05) is 13.0 Å². The van der Waals surface area contributed by atoms with Crippen molar-refractivity contribution in [3.05, 3.63) is 29.6 Å². The highest BCUT2D eigenvalue weighted by atomic mass is 19.1. The summed E-state index contributed by atoms with van der Waals surface area (Å²) in [5.74, 6) is -0.162. The topological polar surface area (TPSA) is 38.5 Å². The molecule has 0 saturated carbocycles. The van der Waals surface area contributed by atoms with Crippen LogP contribution in [0.3, 0.4) is 0 Å². The van der Waals surface area contributed by atoms with Gasteiger partial charge in [0.2, 0.25) is 0 Å². The van der Waals surface area contributed by atoms with E-state index in [-0.39, 0.29) is 18.0 Å². The normalized spacial score (nSPS) is 21.3. The molecule has 0 aromatic heterocycles. The summed E-state index contributed by atoms with van der Waals surface area (Å²) >= 11 is 0. The van der Waals surface area contributed by atoms with Crippen molar-refractivity contribution in [2.75, 3.05) is 25.1 Å². The van der Waals surface area contributed by atoms with Crippen LogP contribution in [0.4, 0.5) is 10.1 Å². The Morgan fingerprint density at radius 1 is 1.56 bits per heavy atom. The Morgan fingerprint density at radius 3 is 2.94 bits per heavy atom. The van der Waals surface area contributed by atoms with E-state index in [1.165, 1.54) is 6.07 Å². The average Bonchev–Trinajstić information content (AvgIpc) is 2.76. The predicted octanol–water partition coefficient (Wildman–Crippen LogP) is 1.94. The van der Waals surface area contributed by atoms with Crippen LogP contribution >= 0.6 is 0 Å². The van der Waals surface area contributed by atoms with Gasteiger partial charge in [-0.2, -0.15) is 0 Å². The van der Waals surface area contributed by atoms with E-state index in [2.05, 4.69) is 4.90 Å². The van der Waals surface area contributed by atoms with Gasteiger partial charge >= 0.3 is 0 Å². The zero-order valence-electron chi connectivity index (χ0n) is 11.0. The minimum absolute atomic E-state index is 0.0337. The van der Waals surface area contributed by atoms with Crippen LogP contribution < -0.4 is 10.6 Å². The number of nitrogens with zero attached hydrogens (tertiary/aromatic N) is 1. The van der Waals surface area contributed by atoms with Crippen molar-refractivity contribution in [1.82, 2.24) is 0 Å². The quantitative estimate of drug-likeness (QED) is 0.890. The van der Waals surface area contributed by atoms with Crippen LogP contribution in [0.1, 0.15) is 18.9 Å². The average molecular weight is 252 g/mol. The maximum absolute atomic E-state index is 14.1. The highest BCUT2D eigenvalue weighted by Crippen LogP contribution is 2.29. The smallest absolute Gasteiger partial charge is 0.146 e. The van der Waals surface area contributed by atoms with E-state index in [1.54, 1.807) is 13.2 Å². The molecule has 1 aliphatic rings. The van der Waals surface area contributed by atoms with E-state index in [0.717, 1.165) is 25.1 Å². The first-order valence-corrected chi connectivity index (χ1v) is 6.42. The molecule has 1 aromatic rings. The Hall–Kier alpha value is -1.13. The molecule has 0 aliphatic carbocycles. The minimum atomic E-state index is -0.162. The summed E-state index contributed by atoms with van der Waals surface area (Å²) < 4.78 is 19.4. The van der Waals surface area contributed by atoms with Gasteiger partial charge < -0.3 is 15.4 Å². The van der Waals surface area contributed by atoms with E-state index in [9.17, 15) is 4.39 Å². The van der Waals surface area contributed by atoms with Crippen molar-refractivity contribution in [3.8, 4) is 0 Å². The number of hydrogen-bond acceptors (Lipinski definition) is 3. The molecule has 3 nitrogen and oxygen atoms in total. The van der Waals surface area contributed by atoms with Gasteiger partial charge in [0.05, 0.1) is 11.8 Å². The van der Waals surface area contributed by atoms with Crippen molar-refractivity contribution in [3.63, 3.8) is 0 Å². The second kappa shape index (κ2) is 5.67. The molecule has 0 bridgehead atoms. The van der Waals surface area contributed by atoms with Crippen LogP contribution in [0.25, 0.3) is 0 Å². The Labute approximate surface area is 108 Å². The molecule has 0 spiro atoms. The predicted molar refractivity (Wildman–Crippen MR) is 71.4 cm³/mol. The van der Waals surface area contributed by atoms with Gasteiger partial charge in [0, 0.05) is 26.2 Å². The van der Waals surface area contributed by atoms with Gasteiger partial charge in [0.15, 0.2) is 0 Å². The molecule has 4 heteroatoms. The molecule has 2 unspecified atom stereocenters. The van der Waals surface area contributed by atoms with E-state index >= 15 is 0 Å². The fraction of sp³-hybridized carbons (Fsp3) is 0.571. The summed E-state index contributed by atoms with van der Waals surface area (Å²) in [6.07, 6.45) is 1.84. The van der Waals surface area contributed by atoms with Crippen LogP contribution in [0.2, 0.25) is 0 Å². The van der Waals surface area contributed by atoms with E-state index < -0.39 is 0 Å². The molecule has 0 radical (unpaired) electrons. The lowest BCUT2D eigenvalue weighted by Gasteiger charge is -2.23. The summed E-state index contributed by atoms with van der Waals surface area (Å²) in [6, 6.07) is 5.26. The van der Waals surface area contributed by atoms with Gasteiger partial charge in [-0.15, -0.1) is 0 Å². The van der Waals surface area contributed by atoms with Crippen LogP contribution in [0, 0.1) is 5.82 Å². The summed E-state index contributed by atoms with van der Waals surface area (Å²) in [5.41, 5.74) is 7.52. The molecule has 1 aromatic carbocycles. The first-order chi connectivity index (χ1) is 8.61. The number of benzene rings is 1. The number of methoxy groups -OCH3 is 1. The molecule has 1 heterocycles. The third-order valence-electron chi connectivity index (χ3n) is 3.41. The summed E-state index contributed by atoms with van der Waals surface area (Å²) in [5, 5.41) is 0. The highest BCUT2D eigenvalue weighted by Gasteiger charge is 2.26. The molecule has 1 aliphatic heterocycles. The first-order valence-electron chi connectivity index (χ1n) is 6.42. The molecule has 18 heavy (non-hydrogen) atoms. The molecule has 2 N–H and O–H groups in total. The monoisotopic (exact) mass is 252 g/mol. The molecule has 1 saturated heterocycles. The highest BCUT2D eigenvalue weighted by molar-refractivity contribution is 5.56. The van der Waals surface area contributed by atoms with E-state index in [0.29, 0.717) is 12.1 Å². The van der Waals surface area contributed by atoms with Crippen LogP contribution in [0.5, 0.6) is 0 Å². The maximum Gasteiger partial charge on any atom is 0.146 e. The largest absolute Gasteiger partial charge is 0.380 e. The first kappa shape index (κ1) is 13.3. The maximum atomic E-state index is 14.1. The number of rotatable bonds is 4. The zero-order chi connectivity index (χ0) is 13.1. The van der Waals surface area contributed by atoms with Crippen molar-refractivity contribution in [2.24, 2.45) is 5.73 Å². The second-order valence-electron chi connectivity index (χ2n) is 5.02. The third kappa shape index (κ3) is 2.82. The lowest BCUT2D eigenvalue weighted by molar-refractivity contribution is 0.121. The molecular weight excluding hydrogens is 231 g/mol. The summed E-state index contributed by atoms with van der Waals surface area (Å²) in [6.45, 7) is 3.53. The van der Waals surface area contributed by atoms with Gasteiger partial charge in [0.1, 0.15) is 5.82 Å². The number of halogens is 1. The zero-order valence-corrected chi connectivity index (χ0v) is 11.0. The van der Waals surface area contributed by atoms with Crippen LogP contribution in [-0.4, -0.2) is 32.3 Å². The van der Waals surface area contributed by atoms with Crippen molar-refractivity contribution in [2.45, 2.75) is 31.9 Å². The molecule has 2 atom stereocenters. The van der Waals surface area contributed by atoms with E-state index in [4.69, 9.17) is 10.5 Å². The second-order valence-corrected chi connectivity index (χ2v) is 5.02. The fourth-order valence-electron chi connectivity index (χ4n) is 2.55. The Kier molecular flexibility index (Phi) is 4.19. The Balaban J connectivity index is 2.25. The molecule has 1 fully saturated rings. The third-order valence-corrected chi connectivity index (χ3v) is 3.41. The Bertz CT molecular complexity index is 409. The lowest BCUT2D eigenvalue weighted by atomic mass is 10.0. The van der Waals surface area contributed by atoms with Crippen LogP contribution in [-0.2, 0) is 11.2 Å². The lowest BCUT2D eigenvalue weighted by Crippen LogP contribution is -2.26. The van der Waals surface area contributed by atoms with Crippen molar-refractivity contribution < 1.29 is 9.13 Å². The van der Waals surface area contributed by atoms with Gasteiger partial charge in [0.25, 0.3) is 0 Å². The molecule has 0 amide bonds. The summed E-state index contributed by atoms with van der Waals surface area (Å²) in [7, 11) is 1.71. The standard InChI is InChI=1S/C14H21FN2O/c1-10(16)8-11-4-3-5-13(15)14(11)17-7-6-12(9-17)18-2/h3-5,10,12H,6-9,16H2,1-2H3. The van der Waals surface area contributed by atoms with Gasteiger partial charge in [-0.05, 0) is 31.4 Å². The van der Waals surface area contributed by atoms with Crippen LogP contribution in [0.15, 0.2) is 18.2 Å². The number of anilines is 1. The van der Waals surface area contributed by atoms with Gasteiger partial charge in [-0.3, -0.25) is 0 Å². The number of hydrogen-bond donors (Lipinski definition) is 1. The molecular formula is C14H21FN2O. The minimum Gasteiger partial charge on any atom is -0.380 e. The number of para-hydroxylation sites is 1. The fourth-order valence-corrected chi connectivity index (χ4v) is 2.55. The van der Waals surface area contributed by atoms with Crippen molar-refractivity contribution >= 4 is 5.69 Å². The summed E-state index contributed by atoms with van der Waals surface area (Å²) in [4.78, 5) is 2.07. The molecule has 2 rings (SSSR count).